The summed E-state index contributed by atoms with van der Waals surface area (Å²) in [5.41, 5.74) is 2.24. The highest BCUT2D eigenvalue weighted by atomic mass is 15.2. The third kappa shape index (κ3) is 2.16. The molecule has 1 heterocycles. The Kier molecular flexibility index (Phi) is 3.54. The summed E-state index contributed by atoms with van der Waals surface area (Å²) in [6.07, 6.45) is 4.44. The third-order valence-electron chi connectivity index (χ3n) is 4.54. The fourth-order valence-electron chi connectivity index (χ4n) is 3.53. The van der Waals surface area contributed by atoms with Crippen molar-refractivity contribution in [3.05, 3.63) is 35.4 Å². The molecule has 1 aliphatic carbocycles. The Morgan fingerprint density at radius 2 is 1.95 bits per heavy atom. The number of piperazine rings is 1. The summed E-state index contributed by atoms with van der Waals surface area (Å²) in [5.74, 6) is 0. The Labute approximate surface area is 115 Å². The van der Waals surface area contributed by atoms with E-state index >= 15 is 0 Å². The highest BCUT2D eigenvalue weighted by Gasteiger charge is 2.41. The van der Waals surface area contributed by atoms with Crippen LogP contribution in [0.5, 0.6) is 0 Å². The predicted molar refractivity (Wildman–Crippen MR) is 75.7 cm³/mol. The van der Waals surface area contributed by atoms with Crippen molar-refractivity contribution in [2.24, 2.45) is 0 Å². The molecule has 0 bridgehead atoms. The van der Waals surface area contributed by atoms with Crippen LogP contribution in [0.15, 0.2) is 24.3 Å². The van der Waals surface area contributed by atoms with E-state index < -0.39 is 5.54 Å². The van der Waals surface area contributed by atoms with Gasteiger partial charge >= 0.3 is 0 Å². The van der Waals surface area contributed by atoms with Gasteiger partial charge in [0.05, 0.1) is 6.07 Å². The average Bonchev–Trinajstić information content (AvgIpc) is 2.68. The fraction of sp³-hybridized carbons (Fsp3) is 0.562. The number of nitrogens with one attached hydrogen (secondary N) is 1. The number of rotatable bonds is 1. The maximum Gasteiger partial charge on any atom is 0.135 e. The zero-order valence-corrected chi connectivity index (χ0v) is 11.4. The Hall–Kier alpha value is -1.37. The molecule has 0 radical (unpaired) electrons. The first-order valence-electron chi connectivity index (χ1n) is 7.32. The number of nitrogens with zero attached hydrogens (tertiary/aromatic N) is 2. The fourth-order valence-corrected chi connectivity index (χ4v) is 3.53. The van der Waals surface area contributed by atoms with Crippen LogP contribution < -0.4 is 5.32 Å². The molecule has 2 aliphatic rings. The van der Waals surface area contributed by atoms with Gasteiger partial charge < -0.3 is 5.32 Å². The number of fused-ring (bicyclic) bond motifs is 1. The second-order valence-corrected chi connectivity index (χ2v) is 5.57. The molecule has 3 nitrogen and oxygen atoms in total. The van der Waals surface area contributed by atoms with Crippen LogP contribution in [0.3, 0.4) is 0 Å². The van der Waals surface area contributed by atoms with Gasteiger partial charge in [-0.05, 0) is 36.8 Å². The maximum atomic E-state index is 9.95. The summed E-state index contributed by atoms with van der Waals surface area (Å²) in [7, 11) is 0. The SMILES string of the molecule is N#CC1(N2CCNCC2)CCCCc2ccccc21. The number of nitriles is 1. The largest absolute Gasteiger partial charge is 0.314 e. The quantitative estimate of drug-likeness (QED) is 0.781. The monoisotopic (exact) mass is 255 g/mol. The van der Waals surface area contributed by atoms with Gasteiger partial charge in [0, 0.05) is 26.2 Å². The van der Waals surface area contributed by atoms with Gasteiger partial charge in [-0.2, -0.15) is 5.26 Å². The summed E-state index contributed by atoms with van der Waals surface area (Å²) in [6, 6.07) is 11.2. The molecule has 1 saturated heterocycles. The number of hydrogen-bond acceptors (Lipinski definition) is 3. The van der Waals surface area contributed by atoms with Crippen molar-refractivity contribution in [1.82, 2.24) is 10.2 Å². The van der Waals surface area contributed by atoms with Crippen molar-refractivity contribution in [1.29, 1.82) is 5.26 Å². The van der Waals surface area contributed by atoms with E-state index in [0.29, 0.717) is 0 Å². The molecule has 1 fully saturated rings. The van der Waals surface area contributed by atoms with Crippen molar-refractivity contribution in [2.75, 3.05) is 26.2 Å². The van der Waals surface area contributed by atoms with Gasteiger partial charge in [-0.1, -0.05) is 24.3 Å². The lowest BCUT2D eigenvalue weighted by atomic mass is 9.83. The van der Waals surface area contributed by atoms with E-state index in [4.69, 9.17) is 0 Å². The van der Waals surface area contributed by atoms with E-state index in [1.54, 1.807) is 0 Å². The molecule has 0 spiro atoms. The van der Waals surface area contributed by atoms with Crippen molar-refractivity contribution in [3.63, 3.8) is 0 Å². The van der Waals surface area contributed by atoms with E-state index in [2.05, 4.69) is 40.6 Å². The molecule has 3 heteroatoms. The van der Waals surface area contributed by atoms with Gasteiger partial charge in [-0.15, -0.1) is 0 Å². The molecule has 1 aromatic carbocycles. The Morgan fingerprint density at radius 1 is 1.16 bits per heavy atom. The summed E-state index contributed by atoms with van der Waals surface area (Å²) in [4.78, 5) is 2.40. The Morgan fingerprint density at radius 3 is 2.74 bits per heavy atom. The van der Waals surface area contributed by atoms with Crippen LogP contribution >= 0.6 is 0 Å². The predicted octanol–water partition coefficient (Wildman–Crippen LogP) is 2.04. The van der Waals surface area contributed by atoms with Gasteiger partial charge in [0.25, 0.3) is 0 Å². The highest BCUT2D eigenvalue weighted by molar-refractivity contribution is 5.40. The molecule has 19 heavy (non-hydrogen) atoms. The number of aryl methyl sites for hydroxylation is 1. The van der Waals surface area contributed by atoms with Crippen molar-refractivity contribution in [3.8, 4) is 6.07 Å². The summed E-state index contributed by atoms with van der Waals surface area (Å²) < 4.78 is 0. The van der Waals surface area contributed by atoms with Gasteiger partial charge in [-0.3, -0.25) is 4.90 Å². The third-order valence-corrected chi connectivity index (χ3v) is 4.54. The van der Waals surface area contributed by atoms with Gasteiger partial charge in [0.15, 0.2) is 0 Å². The van der Waals surface area contributed by atoms with Crippen LogP contribution in [0.25, 0.3) is 0 Å². The molecule has 0 amide bonds. The second-order valence-electron chi connectivity index (χ2n) is 5.57. The summed E-state index contributed by atoms with van der Waals surface area (Å²) in [6.45, 7) is 3.93. The molecule has 1 N–H and O–H groups in total. The van der Waals surface area contributed by atoms with E-state index in [9.17, 15) is 5.26 Å². The van der Waals surface area contributed by atoms with Gasteiger partial charge in [0.2, 0.25) is 0 Å². The normalized spacial score (nSPS) is 28.2. The first-order valence-corrected chi connectivity index (χ1v) is 7.32. The minimum absolute atomic E-state index is 0.394. The lowest BCUT2D eigenvalue weighted by Gasteiger charge is -2.41. The van der Waals surface area contributed by atoms with Gasteiger partial charge in [0.1, 0.15) is 5.54 Å². The van der Waals surface area contributed by atoms with Crippen LogP contribution in [-0.2, 0) is 12.0 Å². The van der Waals surface area contributed by atoms with Gasteiger partial charge in [-0.25, -0.2) is 0 Å². The van der Waals surface area contributed by atoms with Crippen molar-refractivity contribution in [2.45, 2.75) is 31.2 Å². The molecule has 1 aromatic rings. The zero-order valence-electron chi connectivity index (χ0n) is 11.4. The molecule has 0 aromatic heterocycles. The topological polar surface area (TPSA) is 39.1 Å². The van der Waals surface area contributed by atoms with E-state index in [1.807, 2.05) is 0 Å². The minimum atomic E-state index is -0.394. The Balaban J connectivity index is 2.06. The van der Waals surface area contributed by atoms with E-state index in [-0.39, 0.29) is 0 Å². The molecule has 1 aliphatic heterocycles. The summed E-state index contributed by atoms with van der Waals surface area (Å²) >= 11 is 0. The molecule has 3 rings (SSSR count). The number of benzene rings is 1. The van der Waals surface area contributed by atoms with Crippen molar-refractivity contribution >= 4 is 0 Å². The van der Waals surface area contributed by atoms with E-state index in [0.717, 1.165) is 45.4 Å². The lowest BCUT2D eigenvalue weighted by molar-refractivity contribution is 0.109. The summed E-state index contributed by atoms with van der Waals surface area (Å²) in [5, 5.41) is 13.3. The second kappa shape index (κ2) is 5.32. The smallest absolute Gasteiger partial charge is 0.135 e. The molecule has 1 atom stereocenters. The standard InChI is InChI=1S/C16H21N3/c17-13-16(19-11-9-18-10-12-19)8-4-3-6-14-5-1-2-7-15(14)16/h1-2,5,7,18H,3-4,6,8-12H2. The first-order chi connectivity index (χ1) is 9.37. The lowest BCUT2D eigenvalue weighted by Crippen LogP contribution is -2.54. The number of hydrogen-bond donors (Lipinski definition) is 1. The van der Waals surface area contributed by atoms with Crippen LogP contribution in [-0.4, -0.2) is 31.1 Å². The van der Waals surface area contributed by atoms with Crippen LogP contribution in [0.2, 0.25) is 0 Å². The van der Waals surface area contributed by atoms with Crippen molar-refractivity contribution < 1.29 is 0 Å². The van der Waals surface area contributed by atoms with E-state index in [1.165, 1.54) is 17.5 Å². The van der Waals surface area contributed by atoms with Crippen LogP contribution in [0.1, 0.15) is 30.4 Å². The molecule has 1 unspecified atom stereocenters. The highest BCUT2D eigenvalue weighted by Crippen LogP contribution is 2.38. The first kappa shape index (κ1) is 12.7. The molecule has 0 saturated carbocycles. The maximum absolute atomic E-state index is 9.95. The zero-order chi connectivity index (χ0) is 13.1. The minimum Gasteiger partial charge on any atom is -0.314 e. The molecular formula is C16H21N3. The Bertz CT molecular complexity index is 485. The molecular weight excluding hydrogens is 234 g/mol. The van der Waals surface area contributed by atoms with Crippen LogP contribution in [0.4, 0.5) is 0 Å². The average molecular weight is 255 g/mol. The van der Waals surface area contributed by atoms with Crippen LogP contribution in [0, 0.1) is 11.3 Å². The molecule has 100 valence electrons.